The van der Waals surface area contributed by atoms with Crippen molar-refractivity contribution < 1.29 is 34.4 Å². The Kier molecular flexibility index (Phi) is 16.7. The Morgan fingerprint density at radius 1 is 0.816 bits per heavy atom. The van der Waals surface area contributed by atoms with E-state index >= 15 is 0 Å². The number of phenols is 1. The lowest BCUT2D eigenvalue weighted by molar-refractivity contribution is -0.143. The van der Waals surface area contributed by atoms with Gasteiger partial charge in [-0.1, -0.05) is 73.7 Å². The Balaban J connectivity index is 0.000000723. The number of aromatic nitrogens is 1. The maximum Gasteiger partial charge on any atom is 0.305 e. The molecule has 0 aliphatic heterocycles. The smallest absolute Gasteiger partial charge is 0.305 e. The summed E-state index contributed by atoms with van der Waals surface area (Å²) in [6.07, 6.45) is 1.32. The Bertz CT molecular complexity index is 1680. The molecule has 49 heavy (non-hydrogen) atoms. The minimum Gasteiger partial charge on any atom is -0.506 e. The van der Waals surface area contributed by atoms with Crippen molar-refractivity contribution in [2.75, 3.05) is 59.0 Å². The van der Waals surface area contributed by atoms with Crippen LogP contribution in [0.15, 0.2) is 59.4 Å². The van der Waals surface area contributed by atoms with Gasteiger partial charge in [-0.2, -0.15) is 0 Å². The van der Waals surface area contributed by atoms with E-state index < -0.39 is 11.9 Å². The number of carboxylic acids is 2. The predicted octanol–water partition coefficient (Wildman–Crippen LogP) is 4.34. The number of carboxylic acid groups (broad SMARTS) is 2. The lowest BCUT2D eigenvalue weighted by Crippen LogP contribution is -2.42. The number of H-pyrrole nitrogens is 1. The summed E-state index contributed by atoms with van der Waals surface area (Å²) in [6, 6.07) is 18.2. The Hall–Kier alpha value is -4.30. The predicted molar refractivity (Wildman–Crippen MR) is 193 cm³/mol. The monoisotopic (exact) mass is 696 g/mol. The second kappa shape index (κ2) is 20.9. The highest BCUT2D eigenvalue weighted by atomic mass is 32.1. The highest BCUT2D eigenvalue weighted by molar-refractivity contribution is 7.16. The third-order valence-corrected chi connectivity index (χ3v) is 9.07. The molecule has 1 aromatic heterocycles. The zero-order valence-corrected chi connectivity index (χ0v) is 29.1. The summed E-state index contributed by atoms with van der Waals surface area (Å²) in [6.45, 7) is 10.7. The van der Waals surface area contributed by atoms with Gasteiger partial charge in [-0.3, -0.25) is 19.2 Å². The number of likely N-dealkylation sites (N-methyl/N-ethyl adjacent to an activating group) is 1. The molecule has 0 aliphatic carbocycles. The van der Waals surface area contributed by atoms with Crippen molar-refractivity contribution in [1.82, 2.24) is 20.1 Å². The van der Waals surface area contributed by atoms with Crippen LogP contribution in [0.3, 0.4) is 0 Å². The highest BCUT2D eigenvalue weighted by Gasteiger charge is 2.15. The van der Waals surface area contributed by atoms with Gasteiger partial charge < -0.3 is 40.2 Å². The van der Waals surface area contributed by atoms with Crippen LogP contribution in [0.2, 0.25) is 0 Å². The summed E-state index contributed by atoms with van der Waals surface area (Å²) in [7, 11) is 0. The Morgan fingerprint density at radius 2 is 1.53 bits per heavy atom. The van der Waals surface area contributed by atoms with Crippen LogP contribution in [0.5, 0.6) is 5.75 Å². The SMILES string of the molecule is CCN(CC)CCN(CCNCCc1ccc(O)c2[nH]c(=O)sc12)C(=O)CCOCCc1cccc2ccccc12.O=C(O)CCC(=O)O. The van der Waals surface area contributed by atoms with Crippen LogP contribution in [0.25, 0.3) is 21.0 Å². The lowest BCUT2D eigenvalue weighted by atomic mass is 10.0. The van der Waals surface area contributed by atoms with Crippen molar-refractivity contribution in [3.05, 3.63) is 75.4 Å². The first-order valence-corrected chi connectivity index (χ1v) is 17.5. The first-order chi connectivity index (χ1) is 23.6. The number of hydrogen-bond donors (Lipinski definition) is 5. The zero-order valence-electron chi connectivity index (χ0n) is 28.3. The molecule has 0 saturated carbocycles. The number of aromatic amines is 1. The summed E-state index contributed by atoms with van der Waals surface area (Å²) in [4.78, 5) is 51.0. The molecule has 0 atom stereocenters. The molecule has 5 N–H and O–H groups in total. The average Bonchev–Trinajstić information content (AvgIpc) is 3.50. The largest absolute Gasteiger partial charge is 0.506 e. The molecule has 266 valence electrons. The summed E-state index contributed by atoms with van der Waals surface area (Å²) in [5, 5.41) is 31.7. The van der Waals surface area contributed by atoms with Gasteiger partial charge >= 0.3 is 16.8 Å². The molecule has 0 fully saturated rings. The molecule has 0 spiro atoms. The van der Waals surface area contributed by atoms with E-state index in [9.17, 15) is 24.3 Å². The maximum absolute atomic E-state index is 13.2. The number of carbonyl (C=O) groups excluding carboxylic acids is 1. The molecular formula is C36H48N4O8S. The third kappa shape index (κ3) is 13.3. The average molecular weight is 697 g/mol. The van der Waals surface area contributed by atoms with Gasteiger partial charge in [0.2, 0.25) is 5.91 Å². The fraction of sp³-hybridized carbons (Fsp3) is 0.444. The van der Waals surface area contributed by atoms with Gasteiger partial charge in [0.1, 0.15) is 11.3 Å². The van der Waals surface area contributed by atoms with E-state index in [4.69, 9.17) is 14.9 Å². The number of nitrogens with zero attached hydrogens (tertiary/aromatic N) is 2. The van der Waals surface area contributed by atoms with Gasteiger partial charge in [-0.05, 0) is 60.4 Å². The standard InChI is InChI=1S/C32H42N4O4S.C4H6O4/c1-3-35(4-2)20-21-36(19-18-33-17-14-26-12-13-28(37)30-31(26)41-32(39)34-30)29(38)16-23-40-22-15-25-10-7-9-24-8-5-6-11-27(24)25;5-3(6)1-2-4(7)8/h5-13,33,37H,3-4,14-23H2,1-2H3,(H,34,39);1-2H2,(H,5,6)(H,7,8). The topological polar surface area (TPSA) is 172 Å². The quantitative estimate of drug-likeness (QED) is 0.0838. The molecule has 1 heterocycles. The van der Waals surface area contributed by atoms with Gasteiger partial charge in [-0.15, -0.1) is 0 Å². The van der Waals surface area contributed by atoms with E-state index in [1.54, 1.807) is 6.07 Å². The molecule has 0 radical (unpaired) electrons. The second-order valence-electron chi connectivity index (χ2n) is 11.4. The van der Waals surface area contributed by atoms with Crippen LogP contribution in [0.4, 0.5) is 0 Å². The molecule has 0 saturated heterocycles. The molecule has 12 nitrogen and oxygen atoms in total. The molecule has 3 aromatic carbocycles. The zero-order chi connectivity index (χ0) is 35.6. The number of hydrogen-bond acceptors (Lipinski definition) is 9. The number of fused-ring (bicyclic) bond motifs is 2. The first-order valence-electron chi connectivity index (χ1n) is 16.6. The van der Waals surface area contributed by atoms with E-state index in [2.05, 4.69) is 71.5 Å². The van der Waals surface area contributed by atoms with Crippen LogP contribution >= 0.6 is 11.3 Å². The van der Waals surface area contributed by atoms with Crippen LogP contribution < -0.4 is 10.2 Å². The van der Waals surface area contributed by atoms with Crippen LogP contribution in [-0.2, 0) is 32.0 Å². The highest BCUT2D eigenvalue weighted by Crippen LogP contribution is 2.27. The van der Waals surface area contributed by atoms with Gasteiger partial charge in [-0.25, -0.2) is 0 Å². The van der Waals surface area contributed by atoms with Crippen molar-refractivity contribution in [2.24, 2.45) is 0 Å². The fourth-order valence-electron chi connectivity index (χ4n) is 5.32. The van der Waals surface area contributed by atoms with E-state index in [-0.39, 0.29) is 29.4 Å². The third-order valence-electron chi connectivity index (χ3n) is 8.11. The number of aliphatic carboxylic acids is 2. The fourth-order valence-corrected chi connectivity index (χ4v) is 6.22. The second-order valence-corrected chi connectivity index (χ2v) is 12.4. The van der Waals surface area contributed by atoms with Crippen molar-refractivity contribution >= 4 is 50.2 Å². The van der Waals surface area contributed by atoms with Gasteiger partial charge in [0, 0.05) is 26.2 Å². The van der Waals surface area contributed by atoms with Crippen molar-refractivity contribution in [3.8, 4) is 5.75 Å². The lowest BCUT2D eigenvalue weighted by Gasteiger charge is -2.27. The maximum atomic E-state index is 13.2. The van der Waals surface area contributed by atoms with Gasteiger partial charge in [0.25, 0.3) is 0 Å². The van der Waals surface area contributed by atoms with E-state index in [1.165, 1.54) is 16.3 Å². The normalized spacial score (nSPS) is 11.1. The number of rotatable bonds is 20. The molecule has 13 heteroatoms. The van der Waals surface area contributed by atoms with E-state index in [0.717, 1.165) is 54.1 Å². The minimum absolute atomic E-state index is 0.0926. The molecule has 0 bridgehead atoms. The minimum atomic E-state index is -1.08. The Labute approximate surface area is 290 Å². The Morgan fingerprint density at radius 3 is 2.24 bits per heavy atom. The van der Waals surface area contributed by atoms with Gasteiger partial charge in [0.05, 0.1) is 37.2 Å². The summed E-state index contributed by atoms with van der Waals surface area (Å²) in [5.41, 5.74) is 2.79. The van der Waals surface area contributed by atoms with Crippen LogP contribution in [0, 0.1) is 0 Å². The van der Waals surface area contributed by atoms with Crippen LogP contribution in [-0.4, -0.2) is 107 Å². The van der Waals surface area contributed by atoms with Gasteiger partial charge in [0.15, 0.2) is 0 Å². The van der Waals surface area contributed by atoms with Crippen molar-refractivity contribution in [2.45, 2.75) is 46.0 Å². The van der Waals surface area contributed by atoms with Crippen molar-refractivity contribution in [1.29, 1.82) is 0 Å². The molecule has 4 aromatic rings. The number of ether oxygens (including phenoxy) is 1. The molecule has 0 aliphatic rings. The first kappa shape index (κ1) is 39.1. The molecular weight excluding hydrogens is 648 g/mol. The summed E-state index contributed by atoms with van der Waals surface area (Å²) in [5.74, 6) is -1.95. The number of thiazole rings is 1. The van der Waals surface area contributed by atoms with Crippen molar-refractivity contribution in [3.63, 3.8) is 0 Å². The number of amides is 1. The number of carbonyl (C=O) groups is 3. The number of phenolic OH excluding ortho intramolecular Hbond substituents is 1. The summed E-state index contributed by atoms with van der Waals surface area (Å²) >= 11 is 1.12. The number of benzene rings is 3. The van der Waals surface area contributed by atoms with E-state index in [0.29, 0.717) is 51.3 Å². The summed E-state index contributed by atoms with van der Waals surface area (Å²) < 4.78 is 6.70. The van der Waals surface area contributed by atoms with E-state index in [1.807, 2.05) is 11.0 Å². The molecule has 4 rings (SSSR count). The number of aromatic hydroxyl groups is 1. The number of nitrogens with one attached hydrogen (secondary N) is 2. The van der Waals surface area contributed by atoms with Crippen LogP contribution in [0.1, 0.15) is 44.2 Å². The molecule has 0 unspecified atom stereocenters. The molecule has 1 amide bonds.